The van der Waals surface area contributed by atoms with Crippen LogP contribution in [0.25, 0.3) is 0 Å². The smallest absolute Gasteiger partial charge is 0.0170 e. The fraction of sp³-hybridized carbons (Fsp3) is 1.00. The van der Waals surface area contributed by atoms with Gasteiger partial charge < -0.3 is 5.73 Å². The van der Waals surface area contributed by atoms with E-state index < -0.39 is 0 Å². The van der Waals surface area contributed by atoms with Crippen molar-refractivity contribution in [2.75, 3.05) is 11.5 Å². The molecule has 0 radical (unpaired) electrons. The van der Waals surface area contributed by atoms with E-state index in [-0.39, 0.29) is 5.54 Å². The van der Waals surface area contributed by atoms with Crippen molar-refractivity contribution in [1.29, 1.82) is 0 Å². The Kier molecular flexibility index (Phi) is 3.70. The van der Waals surface area contributed by atoms with Crippen LogP contribution in [0.3, 0.4) is 0 Å². The molecule has 0 spiro atoms. The molecule has 1 rings (SSSR count). The topological polar surface area (TPSA) is 26.0 Å². The van der Waals surface area contributed by atoms with Crippen LogP contribution in [0.1, 0.15) is 46.5 Å². The third-order valence-electron chi connectivity index (χ3n) is 2.86. The molecule has 2 N–H and O–H groups in total. The van der Waals surface area contributed by atoms with Crippen molar-refractivity contribution in [3.05, 3.63) is 0 Å². The van der Waals surface area contributed by atoms with Crippen molar-refractivity contribution in [2.24, 2.45) is 11.1 Å². The van der Waals surface area contributed by atoms with E-state index in [0.29, 0.717) is 5.41 Å². The molecule has 0 aromatic heterocycles. The number of rotatable bonds is 2. The lowest BCUT2D eigenvalue weighted by molar-refractivity contribution is 0.278. The summed E-state index contributed by atoms with van der Waals surface area (Å²) < 4.78 is 0. The highest BCUT2D eigenvalue weighted by Crippen LogP contribution is 2.32. The van der Waals surface area contributed by atoms with Crippen molar-refractivity contribution in [3.63, 3.8) is 0 Å². The highest BCUT2D eigenvalue weighted by atomic mass is 32.2. The lowest BCUT2D eigenvalue weighted by Gasteiger charge is -2.35. The minimum absolute atomic E-state index is 0.165. The first-order valence-corrected chi connectivity index (χ1v) is 6.43. The van der Waals surface area contributed by atoms with Gasteiger partial charge in [-0.2, -0.15) is 11.8 Å². The molecule has 13 heavy (non-hydrogen) atoms. The van der Waals surface area contributed by atoms with Crippen LogP contribution in [0, 0.1) is 5.41 Å². The van der Waals surface area contributed by atoms with Gasteiger partial charge in [0.1, 0.15) is 0 Å². The first-order chi connectivity index (χ1) is 5.91. The number of nitrogens with two attached hydrogens (primary N) is 1. The highest BCUT2D eigenvalue weighted by molar-refractivity contribution is 7.99. The van der Waals surface area contributed by atoms with Crippen molar-refractivity contribution in [1.82, 2.24) is 0 Å². The largest absolute Gasteiger partial charge is 0.325 e. The summed E-state index contributed by atoms with van der Waals surface area (Å²) in [4.78, 5) is 0. The summed E-state index contributed by atoms with van der Waals surface area (Å²) >= 11 is 2.05. The molecule has 1 aliphatic heterocycles. The molecule has 1 fully saturated rings. The maximum Gasteiger partial charge on any atom is 0.0170 e. The minimum Gasteiger partial charge on any atom is -0.325 e. The zero-order valence-electron chi connectivity index (χ0n) is 9.23. The molecule has 78 valence electrons. The normalized spacial score (nSPS) is 23.1. The van der Waals surface area contributed by atoms with Gasteiger partial charge in [0.05, 0.1) is 0 Å². The number of thioether (sulfide) groups is 1. The third kappa shape index (κ3) is 4.37. The van der Waals surface area contributed by atoms with Gasteiger partial charge in [-0.05, 0) is 42.6 Å². The minimum atomic E-state index is 0.165. The highest BCUT2D eigenvalue weighted by Gasteiger charge is 2.28. The molecular weight excluding hydrogens is 178 g/mol. The Labute approximate surface area is 86.8 Å². The van der Waals surface area contributed by atoms with Crippen molar-refractivity contribution in [2.45, 2.75) is 52.0 Å². The average molecular weight is 201 g/mol. The molecule has 1 nitrogen and oxygen atoms in total. The monoisotopic (exact) mass is 201 g/mol. The first kappa shape index (κ1) is 11.4. The molecule has 0 atom stereocenters. The summed E-state index contributed by atoms with van der Waals surface area (Å²) in [5, 5.41) is 0. The van der Waals surface area contributed by atoms with E-state index in [0.717, 1.165) is 0 Å². The fourth-order valence-corrected chi connectivity index (χ4v) is 2.96. The molecule has 0 amide bonds. The van der Waals surface area contributed by atoms with Gasteiger partial charge in [-0.1, -0.05) is 20.8 Å². The van der Waals surface area contributed by atoms with E-state index in [4.69, 9.17) is 5.73 Å². The van der Waals surface area contributed by atoms with Crippen LogP contribution >= 0.6 is 11.8 Å². The Morgan fingerprint density at radius 2 is 1.77 bits per heavy atom. The molecular formula is C11H23NS. The first-order valence-electron chi connectivity index (χ1n) is 5.28. The molecule has 1 aliphatic rings. The second-order valence-electron chi connectivity index (χ2n) is 5.54. The van der Waals surface area contributed by atoms with Crippen LogP contribution in [0.2, 0.25) is 0 Å². The summed E-state index contributed by atoms with van der Waals surface area (Å²) in [6.45, 7) is 6.90. The summed E-state index contributed by atoms with van der Waals surface area (Å²) in [5.41, 5.74) is 6.96. The molecule has 1 saturated heterocycles. The van der Waals surface area contributed by atoms with Crippen LogP contribution < -0.4 is 5.73 Å². The lowest BCUT2D eigenvalue weighted by Crippen LogP contribution is -2.43. The second-order valence-corrected chi connectivity index (χ2v) is 6.76. The molecule has 0 bridgehead atoms. The summed E-state index contributed by atoms with van der Waals surface area (Å²) in [6, 6.07) is 0. The standard InChI is InChI=1S/C11H23NS/c1-10(2,3)4-5-11(12)6-8-13-9-7-11/h4-9,12H2,1-3H3. The predicted octanol–water partition coefficient (Wildman–Crippen LogP) is 3.04. The Bertz CT molecular complexity index is 154. The SMILES string of the molecule is CC(C)(C)CCC1(N)CCSCC1. The van der Waals surface area contributed by atoms with Crippen LogP contribution in [0.5, 0.6) is 0 Å². The maximum absolute atomic E-state index is 6.35. The second kappa shape index (κ2) is 4.22. The van der Waals surface area contributed by atoms with Gasteiger partial charge in [-0.15, -0.1) is 0 Å². The van der Waals surface area contributed by atoms with Crippen molar-refractivity contribution in [3.8, 4) is 0 Å². The number of hydrogen-bond acceptors (Lipinski definition) is 2. The summed E-state index contributed by atoms with van der Waals surface area (Å²) in [7, 11) is 0. The quantitative estimate of drug-likeness (QED) is 0.743. The van der Waals surface area contributed by atoms with E-state index in [2.05, 4.69) is 32.5 Å². The van der Waals surface area contributed by atoms with E-state index in [1.54, 1.807) is 0 Å². The van der Waals surface area contributed by atoms with E-state index in [1.807, 2.05) is 0 Å². The van der Waals surface area contributed by atoms with Gasteiger partial charge in [-0.3, -0.25) is 0 Å². The molecule has 0 unspecified atom stereocenters. The molecule has 0 aliphatic carbocycles. The Morgan fingerprint density at radius 3 is 2.23 bits per heavy atom. The molecule has 0 saturated carbocycles. The number of hydrogen-bond donors (Lipinski definition) is 1. The lowest BCUT2D eigenvalue weighted by atomic mass is 9.81. The molecule has 0 aromatic carbocycles. The van der Waals surface area contributed by atoms with Gasteiger partial charge >= 0.3 is 0 Å². The van der Waals surface area contributed by atoms with Gasteiger partial charge in [0.25, 0.3) is 0 Å². The zero-order valence-corrected chi connectivity index (χ0v) is 10.0. The molecule has 0 aromatic rings. The molecule has 2 heteroatoms. The van der Waals surface area contributed by atoms with Gasteiger partial charge in [0.2, 0.25) is 0 Å². The Hall–Kier alpha value is 0.310. The van der Waals surface area contributed by atoms with Gasteiger partial charge in [0, 0.05) is 5.54 Å². The van der Waals surface area contributed by atoms with Crippen LogP contribution in [-0.2, 0) is 0 Å². The summed E-state index contributed by atoms with van der Waals surface area (Å²) in [5.74, 6) is 2.53. The van der Waals surface area contributed by atoms with Crippen molar-refractivity contribution < 1.29 is 0 Å². The Balaban J connectivity index is 2.33. The van der Waals surface area contributed by atoms with Crippen LogP contribution in [-0.4, -0.2) is 17.0 Å². The van der Waals surface area contributed by atoms with Crippen LogP contribution in [0.15, 0.2) is 0 Å². The molecule has 1 heterocycles. The van der Waals surface area contributed by atoms with E-state index >= 15 is 0 Å². The summed E-state index contributed by atoms with van der Waals surface area (Å²) in [6.07, 6.45) is 4.90. The third-order valence-corrected chi connectivity index (χ3v) is 3.85. The average Bonchev–Trinajstić information content (AvgIpc) is 2.02. The Morgan fingerprint density at radius 1 is 1.23 bits per heavy atom. The van der Waals surface area contributed by atoms with Gasteiger partial charge in [0.15, 0.2) is 0 Å². The zero-order chi connectivity index (χ0) is 9.95. The fourth-order valence-electron chi connectivity index (χ4n) is 1.65. The van der Waals surface area contributed by atoms with Crippen molar-refractivity contribution >= 4 is 11.8 Å². The van der Waals surface area contributed by atoms with Crippen LogP contribution in [0.4, 0.5) is 0 Å². The van der Waals surface area contributed by atoms with E-state index in [9.17, 15) is 0 Å². The van der Waals surface area contributed by atoms with E-state index in [1.165, 1.54) is 37.2 Å². The maximum atomic E-state index is 6.35. The predicted molar refractivity (Wildman–Crippen MR) is 62.2 cm³/mol. The van der Waals surface area contributed by atoms with Gasteiger partial charge in [-0.25, -0.2) is 0 Å².